The molecule has 0 aliphatic carbocycles. The summed E-state index contributed by atoms with van der Waals surface area (Å²) in [5, 5.41) is 3.33. The van der Waals surface area contributed by atoms with Gasteiger partial charge in [-0.15, -0.1) is 12.4 Å². The number of hydrogen-bond donors (Lipinski definition) is 1. The van der Waals surface area contributed by atoms with Crippen LogP contribution >= 0.6 is 12.4 Å². The number of ether oxygens (including phenoxy) is 2. The number of rotatable bonds is 2. The second-order valence-corrected chi connectivity index (χ2v) is 7.53. The molecule has 0 radical (unpaired) electrons. The molecular weight excluding hydrogens is 328 g/mol. The Balaban J connectivity index is 0.00000176. The summed E-state index contributed by atoms with van der Waals surface area (Å²) < 4.78 is 38.0. The number of sulfonamides is 1. The lowest BCUT2D eigenvalue weighted by Gasteiger charge is -2.35. The Morgan fingerprint density at radius 1 is 1.09 bits per heavy atom. The molecule has 2 aliphatic rings. The fraction of sp³-hybridized carbons (Fsp3) is 0.571. The van der Waals surface area contributed by atoms with Crippen molar-refractivity contribution in [2.45, 2.75) is 30.8 Å². The van der Waals surface area contributed by atoms with Gasteiger partial charge in [0, 0.05) is 31.2 Å². The van der Waals surface area contributed by atoms with Crippen LogP contribution in [0.15, 0.2) is 23.1 Å². The zero-order chi connectivity index (χ0) is 15.0. The lowest BCUT2D eigenvalue weighted by molar-refractivity contribution is 0.171. The minimum absolute atomic E-state index is 0. The molecule has 2 unspecified atom stereocenters. The van der Waals surface area contributed by atoms with Crippen LogP contribution in [0, 0.1) is 0 Å². The normalized spacial score (nSPS) is 25.4. The molecule has 124 valence electrons. The van der Waals surface area contributed by atoms with E-state index >= 15 is 0 Å². The summed E-state index contributed by atoms with van der Waals surface area (Å²) in [4.78, 5) is 0.257. The highest BCUT2D eigenvalue weighted by Crippen LogP contribution is 2.33. The molecule has 0 spiro atoms. The second kappa shape index (κ2) is 6.62. The van der Waals surface area contributed by atoms with Gasteiger partial charge in [0.15, 0.2) is 11.5 Å². The first-order chi connectivity index (χ1) is 9.96. The molecule has 1 fully saturated rings. The quantitative estimate of drug-likeness (QED) is 0.871. The molecular formula is C14H21ClN2O4S. The molecule has 22 heavy (non-hydrogen) atoms. The van der Waals surface area contributed by atoms with Gasteiger partial charge in [-0.05, 0) is 26.0 Å². The molecule has 3 rings (SSSR count). The predicted octanol–water partition coefficient (Wildman–Crippen LogP) is 1.25. The monoisotopic (exact) mass is 348 g/mol. The van der Waals surface area contributed by atoms with Gasteiger partial charge in [-0.1, -0.05) is 0 Å². The number of hydrogen-bond acceptors (Lipinski definition) is 5. The average Bonchev–Trinajstić information content (AvgIpc) is 2.45. The highest BCUT2D eigenvalue weighted by molar-refractivity contribution is 7.89. The van der Waals surface area contributed by atoms with Gasteiger partial charge in [0.05, 0.1) is 4.90 Å². The summed E-state index contributed by atoms with van der Waals surface area (Å²) in [6.45, 7) is 5.86. The van der Waals surface area contributed by atoms with Crippen molar-refractivity contribution < 1.29 is 17.9 Å². The van der Waals surface area contributed by atoms with Crippen molar-refractivity contribution in [2.75, 3.05) is 26.3 Å². The molecule has 8 heteroatoms. The van der Waals surface area contributed by atoms with Gasteiger partial charge < -0.3 is 14.8 Å². The van der Waals surface area contributed by atoms with Crippen molar-refractivity contribution in [1.82, 2.24) is 9.62 Å². The first-order valence-corrected chi connectivity index (χ1v) is 8.56. The maximum absolute atomic E-state index is 12.8. The SMILES string of the molecule is CC1CN(S(=O)(=O)c2ccc3c(c2)OCCO3)CC(C)N1.Cl. The second-order valence-electron chi connectivity index (χ2n) is 5.60. The average molecular weight is 349 g/mol. The molecule has 2 aliphatic heterocycles. The van der Waals surface area contributed by atoms with Crippen LogP contribution < -0.4 is 14.8 Å². The van der Waals surface area contributed by atoms with Crippen molar-refractivity contribution in [1.29, 1.82) is 0 Å². The summed E-state index contributed by atoms with van der Waals surface area (Å²) in [6, 6.07) is 5.08. The summed E-state index contributed by atoms with van der Waals surface area (Å²) in [5.74, 6) is 1.10. The first-order valence-electron chi connectivity index (χ1n) is 7.12. The van der Waals surface area contributed by atoms with E-state index in [0.29, 0.717) is 37.8 Å². The van der Waals surface area contributed by atoms with E-state index in [9.17, 15) is 8.42 Å². The molecule has 1 aromatic rings. The fourth-order valence-corrected chi connectivity index (χ4v) is 4.44. The van der Waals surface area contributed by atoms with E-state index < -0.39 is 10.0 Å². The third-order valence-electron chi connectivity index (χ3n) is 3.68. The topological polar surface area (TPSA) is 67.9 Å². The van der Waals surface area contributed by atoms with Gasteiger partial charge in [0.25, 0.3) is 0 Å². The Morgan fingerprint density at radius 3 is 2.32 bits per heavy atom. The highest BCUT2D eigenvalue weighted by Gasteiger charge is 2.32. The third kappa shape index (κ3) is 3.32. The number of nitrogens with one attached hydrogen (secondary N) is 1. The van der Waals surface area contributed by atoms with Crippen LogP contribution in [0.5, 0.6) is 11.5 Å². The summed E-state index contributed by atoms with van der Waals surface area (Å²) in [5.41, 5.74) is 0. The number of nitrogens with zero attached hydrogens (tertiary/aromatic N) is 1. The van der Waals surface area contributed by atoms with Crippen LogP contribution in [0.4, 0.5) is 0 Å². The molecule has 1 N–H and O–H groups in total. The maximum atomic E-state index is 12.8. The zero-order valence-electron chi connectivity index (χ0n) is 12.6. The van der Waals surface area contributed by atoms with Crippen LogP contribution in [-0.4, -0.2) is 51.1 Å². The number of benzene rings is 1. The molecule has 1 saturated heterocycles. The van der Waals surface area contributed by atoms with E-state index in [1.54, 1.807) is 18.2 Å². The highest BCUT2D eigenvalue weighted by atomic mass is 35.5. The Bertz CT molecular complexity index is 628. The third-order valence-corrected chi connectivity index (χ3v) is 5.50. The predicted molar refractivity (Wildman–Crippen MR) is 85.5 cm³/mol. The van der Waals surface area contributed by atoms with Gasteiger partial charge in [-0.3, -0.25) is 0 Å². The Morgan fingerprint density at radius 2 is 1.68 bits per heavy atom. The van der Waals surface area contributed by atoms with Crippen molar-refractivity contribution in [3.05, 3.63) is 18.2 Å². The molecule has 1 aromatic carbocycles. The van der Waals surface area contributed by atoms with Gasteiger partial charge in [0.1, 0.15) is 13.2 Å². The summed E-state index contributed by atoms with van der Waals surface area (Å²) in [6.07, 6.45) is 0. The van der Waals surface area contributed by atoms with Crippen LogP contribution in [0.2, 0.25) is 0 Å². The molecule has 6 nitrogen and oxygen atoms in total. The largest absolute Gasteiger partial charge is 0.486 e. The van der Waals surface area contributed by atoms with Crippen LogP contribution in [-0.2, 0) is 10.0 Å². The van der Waals surface area contributed by atoms with E-state index in [4.69, 9.17) is 9.47 Å². The van der Waals surface area contributed by atoms with E-state index in [0.717, 1.165) is 0 Å². The van der Waals surface area contributed by atoms with Gasteiger partial charge >= 0.3 is 0 Å². The van der Waals surface area contributed by atoms with Gasteiger partial charge in [-0.2, -0.15) is 4.31 Å². The van der Waals surface area contributed by atoms with Crippen molar-refractivity contribution in [3.63, 3.8) is 0 Å². The Kier molecular flexibility index (Phi) is 5.21. The van der Waals surface area contributed by atoms with E-state index in [-0.39, 0.29) is 29.4 Å². The van der Waals surface area contributed by atoms with Crippen LogP contribution in [0.1, 0.15) is 13.8 Å². The molecule has 0 aromatic heterocycles. The number of fused-ring (bicyclic) bond motifs is 1. The van der Waals surface area contributed by atoms with E-state index in [1.807, 2.05) is 13.8 Å². The smallest absolute Gasteiger partial charge is 0.243 e. The molecule has 2 heterocycles. The van der Waals surface area contributed by atoms with Crippen LogP contribution in [0.3, 0.4) is 0 Å². The van der Waals surface area contributed by atoms with E-state index in [1.165, 1.54) is 4.31 Å². The van der Waals surface area contributed by atoms with Crippen LogP contribution in [0.25, 0.3) is 0 Å². The zero-order valence-corrected chi connectivity index (χ0v) is 14.2. The molecule has 0 bridgehead atoms. The minimum Gasteiger partial charge on any atom is -0.486 e. The number of piperazine rings is 1. The van der Waals surface area contributed by atoms with Gasteiger partial charge in [0.2, 0.25) is 10.0 Å². The first kappa shape index (κ1) is 17.3. The lowest BCUT2D eigenvalue weighted by atomic mass is 10.2. The van der Waals surface area contributed by atoms with Gasteiger partial charge in [-0.25, -0.2) is 8.42 Å². The summed E-state index contributed by atoms with van der Waals surface area (Å²) in [7, 11) is -3.50. The molecule has 2 atom stereocenters. The standard InChI is InChI=1S/C14H20N2O4S.ClH/c1-10-8-16(9-11(2)15-10)21(17,18)12-3-4-13-14(7-12)20-6-5-19-13;/h3-4,7,10-11,15H,5-6,8-9H2,1-2H3;1H. The van der Waals surface area contributed by atoms with E-state index in [2.05, 4.69) is 5.32 Å². The Labute approximate surface area is 137 Å². The fourth-order valence-electron chi connectivity index (χ4n) is 2.81. The van der Waals surface area contributed by atoms with Crippen molar-refractivity contribution in [3.8, 4) is 11.5 Å². The Hall–Kier alpha value is -1.02. The van der Waals surface area contributed by atoms with Crippen molar-refractivity contribution in [2.24, 2.45) is 0 Å². The van der Waals surface area contributed by atoms with Crippen molar-refractivity contribution >= 4 is 22.4 Å². The molecule has 0 saturated carbocycles. The molecule has 0 amide bonds. The number of halogens is 1. The lowest BCUT2D eigenvalue weighted by Crippen LogP contribution is -2.55. The maximum Gasteiger partial charge on any atom is 0.243 e. The summed E-state index contributed by atoms with van der Waals surface area (Å²) >= 11 is 0. The minimum atomic E-state index is -3.50.